The highest BCUT2D eigenvalue weighted by Gasteiger charge is 2.38. The molecule has 0 saturated heterocycles. The van der Waals surface area contributed by atoms with Gasteiger partial charge in [0, 0.05) is 0 Å². The smallest absolute Gasteiger partial charge is 0.340 e. The van der Waals surface area contributed by atoms with Crippen molar-refractivity contribution in [1.29, 1.82) is 0 Å². The molecule has 25 heavy (non-hydrogen) atoms. The first kappa shape index (κ1) is 16.6. The molecule has 0 bridgehead atoms. The van der Waals surface area contributed by atoms with Crippen LogP contribution < -0.4 is 21.7 Å². The SMILES string of the molecule is CCOC(=O)C1=C(N)Oc2[nH]c(=O)[nH]c(=O)c2[C@@H]1c1ccc(C)cc1. The van der Waals surface area contributed by atoms with Gasteiger partial charge in [0.05, 0.1) is 18.1 Å². The normalized spacial score (nSPS) is 16.2. The van der Waals surface area contributed by atoms with E-state index < -0.39 is 23.1 Å². The number of carbonyl (C=O) groups is 1. The van der Waals surface area contributed by atoms with E-state index in [1.54, 1.807) is 19.1 Å². The topological polar surface area (TPSA) is 127 Å². The zero-order valence-electron chi connectivity index (χ0n) is 13.7. The summed E-state index contributed by atoms with van der Waals surface area (Å²) in [5, 5.41) is 0. The number of fused-ring (bicyclic) bond motifs is 1. The van der Waals surface area contributed by atoms with Crippen molar-refractivity contribution in [3.05, 3.63) is 73.3 Å². The van der Waals surface area contributed by atoms with Gasteiger partial charge in [0.15, 0.2) is 0 Å². The monoisotopic (exact) mass is 343 g/mol. The maximum atomic E-state index is 12.4. The first-order valence-corrected chi connectivity index (χ1v) is 7.70. The molecular formula is C17H17N3O5. The molecule has 1 aromatic carbocycles. The van der Waals surface area contributed by atoms with Gasteiger partial charge >= 0.3 is 11.7 Å². The Labute approximate surface area is 142 Å². The predicted octanol–water partition coefficient (Wildman–Crippen LogP) is 0.629. The van der Waals surface area contributed by atoms with Crippen LogP contribution in [0, 0.1) is 6.92 Å². The molecule has 2 heterocycles. The van der Waals surface area contributed by atoms with E-state index in [1.165, 1.54) is 0 Å². The van der Waals surface area contributed by atoms with Crippen LogP contribution in [0.3, 0.4) is 0 Å². The van der Waals surface area contributed by atoms with Gasteiger partial charge in [0.1, 0.15) is 5.57 Å². The molecule has 1 aliphatic heterocycles. The summed E-state index contributed by atoms with van der Waals surface area (Å²) >= 11 is 0. The molecular weight excluding hydrogens is 326 g/mol. The van der Waals surface area contributed by atoms with E-state index in [-0.39, 0.29) is 29.5 Å². The van der Waals surface area contributed by atoms with Crippen LogP contribution in [0.4, 0.5) is 0 Å². The highest BCUT2D eigenvalue weighted by atomic mass is 16.5. The molecule has 0 aliphatic carbocycles. The minimum absolute atomic E-state index is 0.0238. The highest BCUT2D eigenvalue weighted by molar-refractivity contribution is 5.92. The Hall–Kier alpha value is -3.29. The molecule has 0 saturated carbocycles. The van der Waals surface area contributed by atoms with Crippen molar-refractivity contribution >= 4 is 5.97 Å². The summed E-state index contributed by atoms with van der Waals surface area (Å²) in [6, 6.07) is 7.27. The number of aromatic nitrogens is 2. The fourth-order valence-electron chi connectivity index (χ4n) is 2.79. The van der Waals surface area contributed by atoms with Gasteiger partial charge in [-0.05, 0) is 19.4 Å². The third-order valence-electron chi connectivity index (χ3n) is 3.90. The first-order valence-electron chi connectivity index (χ1n) is 7.70. The van der Waals surface area contributed by atoms with Crippen molar-refractivity contribution in [2.75, 3.05) is 6.61 Å². The van der Waals surface area contributed by atoms with Gasteiger partial charge in [-0.3, -0.25) is 14.8 Å². The number of hydrogen-bond acceptors (Lipinski definition) is 6. The summed E-state index contributed by atoms with van der Waals surface area (Å²) in [5.74, 6) is -1.78. The lowest BCUT2D eigenvalue weighted by atomic mass is 9.84. The van der Waals surface area contributed by atoms with E-state index in [0.717, 1.165) is 5.56 Å². The number of ether oxygens (including phenoxy) is 2. The summed E-state index contributed by atoms with van der Waals surface area (Å²) in [6.07, 6.45) is 0. The number of nitrogens with two attached hydrogens (primary N) is 1. The zero-order chi connectivity index (χ0) is 18.1. The van der Waals surface area contributed by atoms with Crippen LogP contribution in [0.5, 0.6) is 5.88 Å². The molecule has 0 fully saturated rings. The summed E-state index contributed by atoms with van der Waals surface area (Å²) in [7, 11) is 0. The first-order chi connectivity index (χ1) is 11.9. The van der Waals surface area contributed by atoms with Crippen molar-refractivity contribution in [2.45, 2.75) is 19.8 Å². The lowest BCUT2D eigenvalue weighted by Crippen LogP contribution is -2.35. The van der Waals surface area contributed by atoms with Gasteiger partial charge in [0.25, 0.3) is 5.56 Å². The third-order valence-corrected chi connectivity index (χ3v) is 3.90. The Morgan fingerprint density at radius 3 is 2.56 bits per heavy atom. The predicted molar refractivity (Wildman–Crippen MR) is 89.2 cm³/mol. The number of aryl methyl sites for hydroxylation is 1. The number of hydrogen-bond donors (Lipinski definition) is 3. The number of aromatic amines is 2. The van der Waals surface area contributed by atoms with Gasteiger partial charge in [-0.25, -0.2) is 9.59 Å². The van der Waals surface area contributed by atoms with E-state index in [1.807, 2.05) is 19.1 Å². The Bertz CT molecular complexity index is 969. The van der Waals surface area contributed by atoms with Gasteiger partial charge in [-0.2, -0.15) is 0 Å². The molecule has 8 heteroatoms. The molecule has 130 valence electrons. The zero-order valence-corrected chi connectivity index (χ0v) is 13.7. The Morgan fingerprint density at radius 2 is 1.92 bits per heavy atom. The average Bonchev–Trinajstić information content (AvgIpc) is 2.54. The van der Waals surface area contributed by atoms with Crippen molar-refractivity contribution < 1.29 is 14.3 Å². The van der Waals surface area contributed by atoms with E-state index in [2.05, 4.69) is 9.97 Å². The fraction of sp³-hybridized carbons (Fsp3) is 0.235. The van der Waals surface area contributed by atoms with E-state index in [0.29, 0.717) is 5.56 Å². The van der Waals surface area contributed by atoms with Crippen LogP contribution in [-0.4, -0.2) is 22.5 Å². The molecule has 1 aromatic heterocycles. The van der Waals surface area contributed by atoms with Crippen molar-refractivity contribution in [2.24, 2.45) is 5.73 Å². The quantitative estimate of drug-likeness (QED) is 0.702. The Kier molecular flexibility index (Phi) is 4.18. The minimum atomic E-state index is -0.816. The van der Waals surface area contributed by atoms with Crippen molar-refractivity contribution in [3.63, 3.8) is 0 Å². The fourth-order valence-corrected chi connectivity index (χ4v) is 2.79. The molecule has 4 N–H and O–H groups in total. The maximum Gasteiger partial charge on any atom is 0.340 e. The molecule has 1 atom stereocenters. The van der Waals surface area contributed by atoms with Crippen molar-refractivity contribution in [1.82, 2.24) is 9.97 Å². The second-order valence-electron chi connectivity index (χ2n) is 5.60. The van der Waals surface area contributed by atoms with E-state index in [9.17, 15) is 14.4 Å². The van der Waals surface area contributed by atoms with Crippen LogP contribution >= 0.6 is 0 Å². The van der Waals surface area contributed by atoms with Crippen LogP contribution in [-0.2, 0) is 9.53 Å². The van der Waals surface area contributed by atoms with Crippen LogP contribution in [0.25, 0.3) is 0 Å². The van der Waals surface area contributed by atoms with Crippen LogP contribution in [0.15, 0.2) is 45.3 Å². The number of H-pyrrole nitrogens is 2. The van der Waals surface area contributed by atoms with E-state index in [4.69, 9.17) is 15.2 Å². The lowest BCUT2D eigenvalue weighted by Gasteiger charge is -2.27. The average molecular weight is 343 g/mol. The molecule has 2 aromatic rings. The second-order valence-corrected chi connectivity index (χ2v) is 5.60. The molecule has 0 unspecified atom stereocenters. The van der Waals surface area contributed by atoms with Gasteiger partial charge in [-0.15, -0.1) is 0 Å². The summed E-state index contributed by atoms with van der Waals surface area (Å²) < 4.78 is 10.4. The number of esters is 1. The summed E-state index contributed by atoms with van der Waals surface area (Å²) in [4.78, 5) is 40.9. The van der Waals surface area contributed by atoms with Crippen molar-refractivity contribution in [3.8, 4) is 5.88 Å². The highest BCUT2D eigenvalue weighted by Crippen LogP contribution is 2.39. The molecule has 3 rings (SSSR count). The van der Waals surface area contributed by atoms with Crippen LogP contribution in [0.2, 0.25) is 0 Å². The van der Waals surface area contributed by atoms with Gasteiger partial charge < -0.3 is 15.2 Å². The number of benzene rings is 1. The van der Waals surface area contributed by atoms with E-state index >= 15 is 0 Å². The minimum Gasteiger partial charge on any atom is -0.462 e. The number of nitrogens with one attached hydrogen (secondary N) is 2. The second kappa shape index (κ2) is 6.31. The largest absolute Gasteiger partial charge is 0.462 e. The molecule has 8 nitrogen and oxygen atoms in total. The summed E-state index contributed by atoms with van der Waals surface area (Å²) in [6.45, 7) is 3.73. The Balaban J connectivity index is 2.27. The molecule has 0 radical (unpaired) electrons. The standard InChI is InChI=1S/C17H17N3O5/c1-3-24-16(22)11-10(9-6-4-8(2)5-7-9)12-14(21)19-17(23)20-15(12)25-13(11)18/h4-7,10H,3,18H2,1-2H3,(H2,19,20,21,23)/t10-/m1/s1. The molecule has 0 spiro atoms. The Morgan fingerprint density at radius 1 is 1.24 bits per heavy atom. The number of carbonyl (C=O) groups excluding carboxylic acids is 1. The van der Waals surface area contributed by atoms with Gasteiger partial charge in [-0.1, -0.05) is 29.8 Å². The summed E-state index contributed by atoms with van der Waals surface area (Å²) in [5.41, 5.74) is 6.32. The molecule has 1 aliphatic rings. The van der Waals surface area contributed by atoms with Gasteiger partial charge in [0.2, 0.25) is 11.8 Å². The number of rotatable bonds is 3. The third kappa shape index (κ3) is 2.93. The lowest BCUT2D eigenvalue weighted by molar-refractivity contribution is -0.139. The molecule has 0 amide bonds. The van der Waals surface area contributed by atoms with Crippen LogP contribution in [0.1, 0.15) is 29.5 Å². The maximum absolute atomic E-state index is 12.4.